The van der Waals surface area contributed by atoms with Crippen molar-refractivity contribution in [3.05, 3.63) is 57.0 Å². The Morgan fingerprint density at radius 3 is 2.14 bits per heavy atom. The van der Waals surface area contributed by atoms with Crippen LogP contribution in [0.2, 0.25) is 15.1 Å². The van der Waals surface area contributed by atoms with Gasteiger partial charge in [0.15, 0.2) is 5.75 Å². The van der Waals surface area contributed by atoms with Crippen LogP contribution in [0.15, 0.2) is 46.4 Å². The fraction of sp³-hybridized carbons (Fsp3) is 0. The number of phenols is 1. The van der Waals surface area contributed by atoms with E-state index >= 15 is 0 Å². The van der Waals surface area contributed by atoms with Gasteiger partial charge in [-0.2, -0.15) is 13.5 Å². The number of benzene rings is 2. The van der Waals surface area contributed by atoms with Crippen LogP contribution in [0.3, 0.4) is 0 Å². The summed E-state index contributed by atoms with van der Waals surface area (Å²) in [6, 6.07) is 8.41. The van der Waals surface area contributed by atoms with E-state index in [1.807, 2.05) is 4.83 Å². The molecule has 0 unspecified atom stereocenters. The third-order valence-electron chi connectivity index (χ3n) is 2.55. The summed E-state index contributed by atoms with van der Waals surface area (Å²) in [6.45, 7) is 0. The Balaban J connectivity index is 2.16. The zero-order valence-corrected chi connectivity index (χ0v) is 13.9. The van der Waals surface area contributed by atoms with Crippen LogP contribution >= 0.6 is 34.8 Å². The lowest BCUT2D eigenvalue weighted by Gasteiger charge is -2.04. The Kier molecular flexibility index (Phi) is 5.18. The van der Waals surface area contributed by atoms with Gasteiger partial charge >= 0.3 is 0 Å². The second-order valence-electron chi connectivity index (χ2n) is 4.14. The average molecular weight is 380 g/mol. The van der Waals surface area contributed by atoms with Gasteiger partial charge in [-0.1, -0.05) is 34.8 Å². The fourth-order valence-electron chi connectivity index (χ4n) is 1.50. The molecule has 5 nitrogen and oxygen atoms in total. The van der Waals surface area contributed by atoms with Crippen LogP contribution < -0.4 is 4.83 Å². The fourth-order valence-corrected chi connectivity index (χ4v) is 2.92. The highest BCUT2D eigenvalue weighted by molar-refractivity contribution is 7.89. The minimum atomic E-state index is -3.80. The molecule has 0 saturated heterocycles. The molecule has 22 heavy (non-hydrogen) atoms. The van der Waals surface area contributed by atoms with Gasteiger partial charge in [0.25, 0.3) is 10.0 Å². The lowest BCUT2D eigenvalue weighted by molar-refractivity contribution is 0.476. The highest BCUT2D eigenvalue weighted by atomic mass is 35.5. The predicted octanol–water partition coefficient (Wildman–Crippen LogP) is 3.66. The number of sulfonamides is 1. The average Bonchev–Trinajstić information content (AvgIpc) is 2.45. The number of hydrogen-bond donors (Lipinski definition) is 2. The standard InChI is InChI=1S/C13H9Cl3N2O3S/c14-9-1-3-10(4-2-9)22(20,21)18-17-7-8-5-11(15)13(19)12(16)6-8/h1-7,18-19H/b17-7+. The maximum Gasteiger partial charge on any atom is 0.276 e. The minimum Gasteiger partial charge on any atom is -0.505 e. The van der Waals surface area contributed by atoms with Crippen LogP contribution in [0.1, 0.15) is 5.56 Å². The first-order valence-corrected chi connectivity index (χ1v) is 8.40. The monoisotopic (exact) mass is 378 g/mol. The number of nitrogens with zero attached hydrogens (tertiary/aromatic N) is 1. The molecule has 0 amide bonds. The van der Waals surface area contributed by atoms with E-state index in [2.05, 4.69) is 5.10 Å². The SMILES string of the molecule is O=S(=O)(N/N=C/c1cc(Cl)c(O)c(Cl)c1)c1ccc(Cl)cc1. The molecule has 0 aromatic heterocycles. The Morgan fingerprint density at radius 1 is 1.05 bits per heavy atom. The van der Waals surface area contributed by atoms with Crippen molar-refractivity contribution < 1.29 is 13.5 Å². The zero-order valence-electron chi connectivity index (χ0n) is 10.8. The highest BCUT2D eigenvalue weighted by Crippen LogP contribution is 2.32. The molecule has 0 aliphatic rings. The molecular formula is C13H9Cl3N2O3S. The Morgan fingerprint density at radius 2 is 1.59 bits per heavy atom. The van der Waals surface area contributed by atoms with Gasteiger partial charge in [0.2, 0.25) is 0 Å². The predicted molar refractivity (Wildman–Crippen MR) is 87.5 cm³/mol. The number of halogens is 3. The molecule has 0 aliphatic carbocycles. The number of hydrazone groups is 1. The van der Waals surface area contributed by atoms with Crippen molar-refractivity contribution in [3.8, 4) is 5.75 Å². The van der Waals surface area contributed by atoms with Gasteiger partial charge < -0.3 is 5.11 Å². The molecule has 0 fully saturated rings. The van der Waals surface area contributed by atoms with E-state index in [1.165, 1.54) is 42.6 Å². The first kappa shape index (κ1) is 16.9. The van der Waals surface area contributed by atoms with Crippen molar-refractivity contribution in [3.63, 3.8) is 0 Å². The van der Waals surface area contributed by atoms with Crippen molar-refractivity contribution in [1.82, 2.24) is 4.83 Å². The molecular weight excluding hydrogens is 371 g/mol. The van der Waals surface area contributed by atoms with E-state index in [-0.39, 0.29) is 20.7 Å². The van der Waals surface area contributed by atoms with E-state index in [9.17, 15) is 13.5 Å². The van der Waals surface area contributed by atoms with Crippen LogP contribution in [-0.2, 0) is 10.0 Å². The largest absolute Gasteiger partial charge is 0.505 e. The molecule has 0 bridgehead atoms. The summed E-state index contributed by atoms with van der Waals surface area (Å²) in [5, 5.41) is 13.6. The van der Waals surface area contributed by atoms with Crippen molar-refractivity contribution >= 4 is 51.0 Å². The van der Waals surface area contributed by atoms with Gasteiger partial charge in [-0.3, -0.25) is 0 Å². The summed E-state index contributed by atoms with van der Waals surface area (Å²) >= 11 is 17.2. The van der Waals surface area contributed by atoms with Gasteiger partial charge in [0, 0.05) is 5.02 Å². The van der Waals surface area contributed by atoms with Gasteiger partial charge in [-0.15, -0.1) is 0 Å². The quantitative estimate of drug-likeness (QED) is 0.628. The summed E-state index contributed by atoms with van der Waals surface area (Å²) < 4.78 is 23.9. The number of nitrogens with one attached hydrogen (secondary N) is 1. The highest BCUT2D eigenvalue weighted by Gasteiger charge is 2.12. The lowest BCUT2D eigenvalue weighted by Crippen LogP contribution is -2.18. The number of aromatic hydroxyl groups is 1. The molecule has 116 valence electrons. The Hall–Kier alpha value is -1.47. The topological polar surface area (TPSA) is 78.8 Å². The van der Waals surface area contributed by atoms with Crippen LogP contribution in [0.25, 0.3) is 0 Å². The molecule has 0 saturated carbocycles. The van der Waals surface area contributed by atoms with E-state index in [4.69, 9.17) is 34.8 Å². The maximum atomic E-state index is 12.0. The van der Waals surface area contributed by atoms with Gasteiger partial charge in [0.1, 0.15) is 0 Å². The van der Waals surface area contributed by atoms with Crippen molar-refractivity contribution in [1.29, 1.82) is 0 Å². The first-order valence-electron chi connectivity index (χ1n) is 5.78. The van der Waals surface area contributed by atoms with Gasteiger partial charge in [-0.25, -0.2) is 4.83 Å². The molecule has 2 N–H and O–H groups in total. The lowest BCUT2D eigenvalue weighted by atomic mass is 10.2. The molecule has 0 aliphatic heterocycles. The molecule has 9 heteroatoms. The Labute approximate surface area is 142 Å². The second-order valence-corrected chi connectivity index (χ2v) is 7.05. The number of phenolic OH excluding ortho intramolecular Hbond substituents is 1. The van der Waals surface area contributed by atoms with Crippen LogP contribution in [-0.4, -0.2) is 19.7 Å². The smallest absolute Gasteiger partial charge is 0.276 e. The molecule has 0 spiro atoms. The molecule has 0 heterocycles. The summed E-state index contributed by atoms with van der Waals surface area (Å²) in [4.78, 5) is 2.07. The van der Waals surface area contributed by atoms with Gasteiger partial charge in [-0.05, 0) is 42.0 Å². The van der Waals surface area contributed by atoms with Crippen LogP contribution in [0, 0.1) is 0 Å². The summed E-state index contributed by atoms with van der Waals surface area (Å²) in [7, 11) is -3.80. The van der Waals surface area contributed by atoms with Crippen LogP contribution in [0.4, 0.5) is 0 Å². The Bertz CT molecular complexity index is 798. The van der Waals surface area contributed by atoms with E-state index in [1.54, 1.807) is 0 Å². The van der Waals surface area contributed by atoms with Crippen molar-refractivity contribution in [2.45, 2.75) is 4.90 Å². The molecule has 2 aromatic carbocycles. The second kappa shape index (κ2) is 6.75. The molecule has 2 rings (SSSR count). The van der Waals surface area contributed by atoms with Crippen molar-refractivity contribution in [2.75, 3.05) is 0 Å². The molecule has 2 aromatic rings. The summed E-state index contributed by atoms with van der Waals surface area (Å²) in [5.74, 6) is -0.248. The van der Waals surface area contributed by atoms with E-state index in [0.717, 1.165) is 0 Å². The van der Waals surface area contributed by atoms with Crippen molar-refractivity contribution in [2.24, 2.45) is 5.10 Å². The normalized spacial score (nSPS) is 11.8. The molecule has 0 radical (unpaired) electrons. The minimum absolute atomic E-state index is 0.0239. The van der Waals surface area contributed by atoms with E-state index < -0.39 is 10.0 Å². The zero-order chi connectivity index (χ0) is 16.3. The van der Waals surface area contributed by atoms with E-state index in [0.29, 0.717) is 10.6 Å². The maximum absolute atomic E-state index is 12.0. The number of rotatable bonds is 4. The molecule has 0 atom stereocenters. The number of hydrogen-bond acceptors (Lipinski definition) is 4. The third kappa shape index (κ3) is 4.04. The summed E-state index contributed by atoms with van der Waals surface area (Å²) in [5.41, 5.74) is 0.423. The third-order valence-corrected chi connectivity index (χ3v) is 4.62. The van der Waals surface area contributed by atoms with Crippen LogP contribution in [0.5, 0.6) is 5.75 Å². The summed E-state index contributed by atoms with van der Waals surface area (Å²) in [6.07, 6.45) is 1.21. The van der Waals surface area contributed by atoms with Gasteiger partial charge in [0.05, 0.1) is 21.2 Å². The first-order chi connectivity index (χ1) is 10.3.